The number of carbonyl (C=O) groups is 3. The van der Waals surface area contributed by atoms with Crippen LogP contribution in [0.2, 0.25) is 0 Å². The minimum atomic E-state index is -0.865. The van der Waals surface area contributed by atoms with E-state index in [0.29, 0.717) is 0 Å². The second-order valence-corrected chi connectivity index (χ2v) is 5.43. The lowest BCUT2D eigenvalue weighted by molar-refractivity contribution is -0.152. The van der Waals surface area contributed by atoms with E-state index in [1.165, 1.54) is 4.90 Å². The van der Waals surface area contributed by atoms with Crippen LogP contribution >= 0.6 is 0 Å². The van der Waals surface area contributed by atoms with Crippen molar-refractivity contribution >= 4 is 17.8 Å². The van der Waals surface area contributed by atoms with E-state index in [1.54, 1.807) is 27.7 Å². The lowest BCUT2D eigenvalue weighted by Gasteiger charge is -2.34. The monoisotopic (exact) mass is 271 g/mol. The molecule has 1 heterocycles. The van der Waals surface area contributed by atoms with Crippen LogP contribution in [0.1, 0.15) is 40.5 Å². The number of carbonyl (C=O) groups excluding carboxylic acids is 3. The molecule has 19 heavy (non-hydrogen) atoms. The van der Waals surface area contributed by atoms with Crippen LogP contribution < -0.4 is 0 Å². The zero-order valence-electron chi connectivity index (χ0n) is 11.9. The van der Waals surface area contributed by atoms with Gasteiger partial charge >= 0.3 is 12.1 Å². The standard InChI is InChI=1S/C13H21NO5/c1-5-18-11(16)10-8-9(15)6-7-14(10)12(17)19-13(2,3)4/h10H,5-8H2,1-4H3. The van der Waals surface area contributed by atoms with Gasteiger partial charge in [-0.2, -0.15) is 0 Å². The van der Waals surface area contributed by atoms with Gasteiger partial charge < -0.3 is 9.47 Å². The average Bonchev–Trinajstić information content (AvgIpc) is 2.26. The van der Waals surface area contributed by atoms with Gasteiger partial charge in [0.25, 0.3) is 0 Å². The summed E-state index contributed by atoms with van der Waals surface area (Å²) in [4.78, 5) is 36.6. The van der Waals surface area contributed by atoms with Gasteiger partial charge in [-0.05, 0) is 27.7 Å². The molecule has 1 fully saturated rings. The van der Waals surface area contributed by atoms with Gasteiger partial charge in [-0.3, -0.25) is 9.69 Å². The van der Waals surface area contributed by atoms with Gasteiger partial charge in [0.15, 0.2) is 0 Å². The van der Waals surface area contributed by atoms with Crippen LogP contribution in [-0.4, -0.2) is 47.5 Å². The molecule has 1 amide bonds. The van der Waals surface area contributed by atoms with Crippen molar-refractivity contribution in [3.8, 4) is 0 Å². The first kappa shape index (κ1) is 15.5. The lowest BCUT2D eigenvalue weighted by atomic mass is 10.0. The van der Waals surface area contributed by atoms with Gasteiger partial charge in [-0.15, -0.1) is 0 Å². The summed E-state index contributed by atoms with van der Waals surface area (Å²) < 4.78 is 10.1. The molecule has 0 spiro atoms. The highest BCUT2D eigenvalue weighted by Crippen LogP contribution is 2.19. The maximum atomic E-state index is 12.0. The first-order valence-electron chi connectivity index (χ1n) is 6.42. The quantitative estimate of drug-likeness (QED) is 0.712. The summed E-state index contributed by atoms with van der Waals surface area (Å²) in [5, 5.41) is 0. The molecule has 0 aromatic carbocycles. The molecule has 1 aliphatic heterocycles. The number of nitrogens with zero attached hydrogens (tertiary/aromatic N) is 1. The van der Waals surface area contributed by atoms with E-state index < -0.39 is 23.7 Å². The maximum absolute atomic E-state index is 12.0. The fraction of sp³-hybridized carbons (Fsp3) is 0.769. The topological polar surface area (TPSA) is 72.9 Å². The number of piperidine rings is 1. The van der Waals surface area contributed by atoms with Crippen molar-refractivity contribution in [2.24, 2.45) is 0 Å². The van der Waals surface area contributed by atoms with Crippen LogP contribution in [0.5, 0.6) is 0 Å². The van der Waals surface area contributed by atoms with Crippen molar-refractivity contribution in [3.05, 3.63) is 0 Å². The molecule has 6 heteroatoms. The van der Waals surface area contributed by atoms with Crippen molar-refractivity contribution in [3.63, 3.8) is 0 Å². The number of hydrogen-bond donors (Lipinski definition) is 0. The van der Waals surface area contributed by atoms with E-state index in [1.807, 2.05) is 0 Å². The molecule has 0 N–H and O–H groups in total. The first-order chi connectivity index (χ1) is 8.74. The van der Waals surface area contributed by atoms with Crippen molar-refractivity contribution in [1.82, 2.24) is 4.90 Å². The summed E-state index contributed by atoms with van der Waals surface area (Å²) >= 11 is 0. The minimum absolute atomic E-state index is 0.00191. The van der Waals surface area contributed by atoms with E-state index in [4.69, 9.17) is 9.47 Å². The molecule has 1 rings (SSSR count). The molecular formula is C13H21NO5. The van der Waals surface area contributed by atoms with Crippen LogP contribution in [0.25, 0.3) is 0 Å². The van der Waals surface area contributed by atoms with Gasteiger partial charge in [0.2, 0.25) is 0 Å². The molecule has 108 valence electrons. The maximum Gasteiger partial charge on any atom is 0.411 e. The Morgan fingerprint density at radius 3 is 2.53 bits per heavy atom. The van der Waals surface area contributed by atoms with Crippen LogP contribution in [0, 0.1) is 0 Å². The summed E-state index contributed by atoms with van der Waals surface area (Å²) in [6.45, 7) is 7.33. The Labute approximate surface area is 113 Å². The summed E-state index contributed by atoms with van der Waals surface area (Å²) in [6, 6.07) is -0.865. The van der Waals surface area contributed by atoms with E-state index in [2.05, 4.69) is 0 Å². The zero-order valence-corrected chi connectivity index (χ0v) is 11.9. The van der Waals surface area contributed by atoms with Gasteiger partial charge in [0.1, 0.15) is 17.4 Å². The van der Waals surface area contributed by atoms with Crippen molar-refractivity contribution in [2.45, 2.75) is 52.2 Å². The molecule has 1 saturated heterocycles. The van der Waals surface area contributed by atoms with E-state index in [-0.39, 0.29) is 31.8 Å². The Kier molecular flexibility index (Phi) is 4.91. The fourth-order valence-corrected chi connectivity index (χ4v) is 1.82. The summed E-state index contributed by atoms with van der Waals surface area (Å²) in [6.07, 6.45) is -0.342. The molecule has 0 aromatic rings. The van der Waals surface area contributed by atoms with E-state index in [0.717, 1.165) is 0 Å². The highest BCUT2D eigenvalue weighted by molar-refractivity contribution is 5.91. The summed E-state index contributed by atoms with van der Waals surface area (Å²) in [5.74, 6) is -0.598. The van der Waals surface area contributed by atoms with E-state index in [9.17, 15) is 14.4 Å². The molecule has 0 aliphatic carbocycles. The largest absolute Gasteiger partial charge is 0.464 e. The van der Waals surface area contributed by atoms with Gasteiger partial charge in [-0.25, -0.2) is 9.59 Å². The number of esters is 1. The molecule has 1 atom stereocenters. The normalized spacial score (nSPS) is 20.1. The second-order valence-electron chi connectivity index (χ2n) is 5.43. The second kappa shape index (κ2) is 6.04. The lowest BCUT2D eigenvalue weighted by Crippen LogP contribution is -2.52. The molecule has 0 radical (unpaired) electrons. The third kappa shape index (κ3) is 4.54. The van der Waals surface area contributed by atoms with Gasteiger partial charge in [-0.1, -0.05) is 0 Å². The van der Waals surface area contributed by atoms with Crippen LogP contribution in [0.15, 0.2) is 0 Å². The number of amides is 1. The third-order valence-corrected chi connectivity index (χ3v) is 2.62. The molecule has 0 aromatic heterocycles. The average molecular weight is 271 g/mol. The number of Topliss-reactive ketones (excluding diaryl/α,β-unsaturated/α-hetero) is 1. The molecule has 6 nitrogen and oxygen atoms in total. The Morgan fingerprint density at radius 1 is 1.37 bits per heavy atom. The number of ketones is 1. The molecular weight excluding hydrogens is 250 g/mol. The van der Waals surface area contributed by atoms with Crippen LogP contribution in [0.3, 0.4) is 0 Å². The number of ether oxygens (including phenoxy) is 2. The summed E-state index contributed by atoms with van der Waals surface area (Å²) in [7, 11) is 0. The van der Waals surface area contributed by atoms with Crippen LogP contribution in [0.4, 0.5) is 4.79 Å². The summed E-state index contributed by atoms with van der Waals surface area (Å²) in [5.41, 5.74) is -0.641. The van der Waals surface area contributed by atoms with Crippen molar-refractivity contribution in [1.29, 1.82) is 0 Å². The third-order valence-electron chi connectivity index (χ3n) is 2.62. The number of hydrogen-bond acceptors (Lipinski definition) is 5. The van der Waals surface area contributed by atoms with E-state index >= 15 is 0 Å². The van der Waals surface area contributed by atoms with Gasteiger partial charge in [0, 0.05) is 19.4 Å². The highest BCUT2D eigenvalue weighted by Gasteiger charge is 2.38. The smallest absolute Gasteiger partial charge is 0.411 e. The molecule has 0 bridgehead atoms. The van der Waals surface area contributed by atoms with Gasteiger partial charge in [0.05, 0.1) is 6.61 Å². The highest BCUT2D eigenvalue weighted by atomic mass is 16.6. The molecule has 1 aliphatic rings. The minimum Gasteiger partial charge on any atom is -0.464 e. The van der Waals surface area contributed by atoms with Crippen molar-refractivity contribution < 1.29 is 23.9 Å². The van der Waals surface area contributed by atoms with Crippen molar-refractivity contribution in [2.75, 3.05) is 13.2 Å². The number of likely N-dealkylation sites (tertiary alicyclic amines) is 1. The Bertz CT molecular complexity index is 372. The zero-order chi connectivity index (χ0) is 14.6. The molecule has 0 saturated carbocycles. The molecule has 1 unspecified atom stereocenters. The number of rotatable bonds is 2. The SMILES string of the molecule is CCOC(=O)C1CC(=O)CCN1C(=O)OC(C)(C)C. The Balaban J connectivity index is 2.80. The predicted octanol–water partition coefficient (Wildman–Crippen LogP) is 1.52. The fourth-order valence-electron chi connectivity index (χ4n) is 1.82. The Hall–Kier alpha value is -1.59. The Morgan fingerprint density at radius 2 is 2.00 bits per heavy atom. The predicted molar refractivity (Wildman–Crippen MR) is 67.6 cm³/mol. The van der Waals surface area contributed by atoms with Crippen LogP contribution in [-0.2, 0) is 19.1 Å². The first-order valence-corrected chi connectivity index (χ1v) is 6.42.